The molecular weight excluding hydrogens is 296 g/mol. The summed E-state index contributed by atoms with van der Waals surface area (Å²) in [6.07, 6.45) is 1.84. The summed E-state index contributed by atoms with van der Waals surface area (Å²) < 4.78 is 5.51. The molecule has 3 nitrogen and oxygen atoms in total. The number of ether oxygens (including phenoxy) is 1. The molecule has 0 radical (unpaired) electrons. The van der Waals surface area contributed by atoms with E-state index in [-0.39, 0.29) is 0 Å². The van der Waals surface area contributed by atoms with Crippen molar-refractivity contribution in [2.75, 3.05) is 19.0 Å². The van der Waals surface area contributed by atoms with Crippen molar-refractivity contribution in [3.63, 3.8) is 0 Å². The first-order chi connectivity index (χ1) is 11.7. The summed E-state index contributed by atoms with van der Waals surface area (Å²) in [5.41, 5.74) is 3.37. The Morgan fingerprint density at radius 1 is 1.00 bits per heavy atom. The van der Waals surface area contributed by atoms with Gasteiger partial charge in [0.15, 0.2) is 0 Å². The Hall–Kier alpha value is -2.55. The summed E-state index contributed by atoms with van der Waals surface area (Å²) in [7, 11) is 1.73. The first-order valence-corrected chi connectivity index (χ1v) is 8.41. The number of rotatable bonds is 6. The van der Waals surface area contributed by atoms with Gasteiger partial charge in [-0.2, -0.15) is 0 Å². The van der Waals surface area contributed by atoms with E-state index >= 15 is 0 Å². The number of hydrogen-bond acceptors (Lipinski definition) is 3. The molecule has 1 N–H and O–H groups in total. The number of nitrogens with zero attached hydrogens (tertiary/aromatic N) is 1. The van der Waals surface area contributed by atoms with E-state index in [0.29, 0.717) is 11.8 Å². The lowest BCUT2D eigenvalue weighted by Gasteiger charge is -2.23. The van der Waals surface area contributed by atoms with Gasteiger partial charge in [-0.3, -0.25) is 4.98 Å². The predicted octanol–water partition coefficient (Wildman–Crippen LogP) is 5.10. The molecule has 0 aliphatic rings. The zero-order chi connectivity index (χ0) is 16.9. The van der Waals surface area contributed by atoms with Crippen LogP contribution in [0.2, 0.25) is 0 Å². The van der Waals surface area contributed by atoms with E-state index in [4.69, 9.17) is 4.74 Å². The van der Waals surface area contributed by atoms with Crippen LogP contribution in [-0.2, 0) is 0 Å². The molecule has 0 saturated carbocycles. The van der Waals surface area contributed by atoms with Gasteiger partial charge in [0, 0.05) is 18.1 Å². The fraction of sp³-hybridized carbons (Fsp3) is 0.286. The van der Waals surface area contributed by atoms with Crippen LogP contribution in [0, 0.1) is 5.92 Å². The fourth-order valence-electron chi connectivity index (χ4n) is 3.04. The summed E-state index contributed by atoms with van der Waals surface area (Å²) in [6.45, 7) is 5.41. The Morgan fingerprint density at radius 3 is 2.62 bits per heavy atom. The lowest BCUT2D eigenvalue weighted by atomic mass is 9.88. The lowest BCUT2D eigenvalue weighted by Crippen LogP contribution is -2.18. The second-order valence-electron chi connectivity index (χ2n) is 6.27. The minimum atomic E-state index is 0.400. The molecule has 24 heavy (non-hydrogen) atoms. The minimum absolute atomic E-state index is 0.400. The molecule has 3 aromatic rings. The van der Waals surface area contributed by atoms with Crippen molar-refractivity contribution < 1.29 is 4.74 Å². The third-order valence-corrected chi connectivity index (χ3v) is 4.73. The number of aromatic nitrogens is 1. The maximum atomic E-state index is 5.51. The molecule has 1 aromatic heterocycles. The van der Waals surface area contributed by atoms with E-state index in [1.54, 1.807) is 7.11 Å². The van der Waals surface area contributed by atoms with Gasteiger partial charge < -0.3 is 10.1 Å². The highest BCUT2D eigenvalue weighted by molar-refractivity contribution is 5.90. The monoisotopic (exact) mass is 320 g/mol. The molecule has 2 aromatic carbocycles. The molecule has 3 heteroatoms. The second kappa shape index (κ2) is 7.35. The van der Waals surface area contributed by atoms with E-state index in [1.807, 2.05) is 24.4 Å². The Morgan fingerprint density at radius 2 is 1.79 bits per heavy atom. The molecule has 1 heterocycles. The van der Waals surface area contributed by atoms with Crippen LogP contribution in [0.5, 0.6) is 5.75 Å². The molecule has 0 aliphatic heterocycles. The Labute approximate surface area is 143 Å². The number of benzene rings is 2. The molecule has 0 fully saturated rings. The number of methoxy groups -OCH3 is 1. The molecule has 0 amide bonds. The average Bonchev–Trinajstić information content (AvgIpc) is 2.65. The van der Waals surface area contributed by atoms with Crippen molar-refractivity contribution in [3.8, 4) is 5.75 Å². The molecule has 3 rings (SSSR count). The zero-order valence-electron chi connectivity index (χ0n) is 14.5. The standard InChI is InChI=1S/C21H24N2O/c1-15(16(2)18-10-4-5-12-20(18)24-3)14-23-19-11-6-8-17-9-7-13-22-21(17)19/h4-13,15-16,23H,14H2,1-3H3. The molecule has 0 saturated heterocycles. The third-order valence-electron chi connectivity index (χ3n) is 4.73. The quantitative estimate of drug-likeness (QED) is 0.686. The van der Waals surface area contributed by atoms with Gasteiger partial charge in [0.2, 0.25) is 0 Å². The first-order valence-electron chi connectivity index (χ1n) is 8.41. The molecular formula is C21H24N2O. The lowest BCUT2D eigenvalue weighted by molar-refractivity contribution is 0.397. The average molecular weight is 320 g/mol. The largest absolute Gasteiger partial charge is 0.496 e. The van der Waals surface area contributed by atoms with Gasteiger partial charge in [0.1, 0.15) is 5.75 Å². The van der Waals surface area contributed by atoms with Crippen LogP contribution in [0.4, 0.5) is 5.69 Å². The number of hydrogen-bond donors (Lipinski definition) is 1. The summed E-state index contributed by atoms with van der Waals surface area (Å²) in [6, 6.07) is 18.6. The topological polar surface area (TPSA) is 34.1 Å². The molecule has 0 bridgehead atoms. The Balaban J connectivity index is 1.74. The van der Waals surface area contributed by atoms with Crippen molar-refractivity contribution in [2.45, 2.75) is 19.8 Å². The molecule has 2 atom stereocenters. The smallest absolute Gasteiger partial charge is 0.122 e. The van der Waals surface area contributed by atoms with Crippen molar-refractivity contribution >= 4 is 16.6 Å². The summed E-state index contributed by atoms with van der Waals surface area (Å²) in [4.78, 5) is 4.51. The highest BCUT2D eigenvalue weighted by atomic mass is 16.5. The number of para-hydroxylation sites is 2. The van der Waals surface area contributed by atoms with Crippen LogP contribution in [0.3, 0.4) is 0 Å². The molecule has 0 spiro atoms. The maximum Gasteiger partial charge on any atom is 0.122 e. The number of nitrogens with one attached hydrogen (secondary N) is 1. The first kappa shape index (κ1) is 16.3. The van der Waals surface area contributed by atoms with Crippen LogP contribution < -0.4 is 10.1 Å². The maximum absolute atomic E-state index is 5.51. The fourth-order valence-corrected chi connectivity index (χ4v) is 3.04. The number of pyridine rings is 1. The normalized spacial score (nSPS) is 13.5. The third kappa shape index (κ3) is 3.35. The van der Waals surface area contributed by atoms with Crippen LogP contribution >= 0.6 is 0 Å². The highest BCUT2D eigenvalue weighted by Crippen LogP contribution is 2.32. The molecule has 0 aliphatic carbocycles. The van der Waals surface area contributed by atoms with Gasteiger partial charge in [-0.05, 0) is 35.6 Å². The van der Waals surface area contributed by atoms with Crippen molar-refractivity contribution in [2.24, 2.45) is 5.92 Å². The van der Waals surface area contributed by atoms with E-state index in [9.17, 15) is 0 Å². The Kier molecular flexibility index (Phi) is 4.99. The number of anilines is 1. The summed E-state index contributed by atoms with van der Waals surface area (Å²) in [5, 5.41) is 4.73. The van der Waals surface area contributed by atoms with Gasteiger partial charge in [-0.1, -0.05) is 50.2 Å². The predicted molar refractivity (Wildman–Crippen MR) is 101 cm³/mol. The van der Waals surface area contributed by atoms with E-state index in [0.717, 1.165) is 28.9 Å². The van der Waals surface area contributed by atoms with Gasteiger partial charge in [-0.25, -0.2) is 0 Å². The Bertz CT molecular complexity index is 810. The van der Waals surface area contributed by atoms with Crippen LogP contribution in [0.1, 0.15) is 25.3 Å². The summed E-state index contributed by atoms with van der Waals surface area (Å²) >= 11 is 0. The van der Waals surface area contributed by atoms with Gasteiger partial charge in [0.05, 0.1) is 18.3 Å². The van der Waals surface area contributed by atoms with Crippen LogP contribution in [0.25, 0.3) is 10.9 Å². The van der Waals surface area contributed by atoms with Gasteiger partial charge in [0.25, 0.3) is 0 Å². The second-order valence-corrected chi connectivity index (χ2v) is 6.27. The van der Waals surface area contributed by atoms with E-state index in [2.05, 4.69) is 60.5 Å². The van der Waals surface area contributed by atoms with Crippen molar-refractivity contribution in [1.82, 2.24) is 4.98 Å². The summed E-state index contributed by atoms with van der Waals surface area (Å²) in [5.74, 6) is 1.82. The van der Waals surface area contributed by atoms with E-state index in [1.165, 1.54) is 5.56 Å². The SMILES string of the molecule is COc1ccccc1C(C)C(C)CNc1cccc2cccnc12. The van der Waals surface area contributed by atoms with Gasteiger partial charge >= 0.3 is 0 Å². The minimum Gasteiger partial charge on any atom is -0.496 e. The zero-order valence-corrected chi connectivity index (χ0v) is 14.5. The van der Waals surface area contributed by atoms with E-state index < -0.39 is 0 Å². The number of fused-ring (bicyclic) bond motifs is 1. The van der Waals surface area contributed by atoms with Crippen molar-refractivity contribution in [1.29, 1.82) is 0 Å². The van der Waals surface area contributed by atoms with Crippen molar-refractivity contribution in [3.05, 3.63) is 66.4 Å². The molecule has 2 unspecified atom stereocenters. The van der Waals surface area contributed by atoms with Crippen LogP contribution in [-0.4, -0.2) is 18.6 Å². The molecule has 124 valence electrons. The van der Waals surface area contributed by atoms with Gasteiger partial charge in [-0.15, -0.1) is 0 Å². The highest BCUT2D eigenvalue weighted by Gasteiger charge is 2.18. The van der Waals surface area contributed by atoms with Crippen LogP contribution in [0.15, 0.2) is 60.8 Å².